The minimum absolute atomic E-state index is 1.04. The molecule has 0 fully saturated rings. The van der Waals surface area contributed by atoms with Gasteiger partial charge in [-0.15, -0.1) is 11.3 Å². The van der Waals surface area contributed by atoms with Gasteiger partial charge in [0.2, 0.25) is 0 Å². The molecule has 37 heavy (non-hydrogen) atoms. The first-order valence-electron chi connectivity index (χ1n) is 12.4. The fraction of sp³-hybridized carbons (Fsp3) is 0. The van der Waals surface area contributed by atoms with Gasteiger partial charge < -0.3 is 9.13 Å². The van der Waals surface area contributed by atoms with Gasteiger partial charge in [0.1, 0.15) is 5.01 Å². The third-order valence-electron chi connectivity index (χ3n) is 7.18. The second-order valence-electron chi connectivity index (χ2n) is 9.28. The zero-order chi connectivity index (χ0) is 24.3. The molecule has 174 valence electrons. The van der Waals surface area contributed by atoms with Crippen molar-refractivity contribution in [2.45, 2.75) is 0 Å². The van der Waals surface area contributed by atoms with Gasteiger partial charge in [-0.3, -0.25) is 0 Å². The van der Waals surface area contributed by atoms with E-state index in [9.17, 15) is 0 Å². The van der Waals surface area contributed by atoms with E-state index in [4.69, 9.17) is 4.98 Å². The van der Waals surface area contributed by atoms with E-state index in [0.717, 1.165) is 27.5 Å². The van der Waals surface area contributed by atoms with Crippen LogP contribution in [0.3, 0.4) is 0 Å². The highest BCUT2D eigenvalue weighted by atomic mass is 32.1. The quantitative estimate of drug-likeness (QED) is 0.242. The van der Waals surface area contributed by atoms with Gasteiger partial charge in [0, 0.05) is 33.6 Å². The molecule has 3 aromatic heterocycles. The van der Waals surface area contributed by atoms with Gasteiger partial charge in [0.05, 0.1) is 32.5 Å². The first-order chi connectivity index (χ1) is 18.4. The van der Waals surface area contributed by atoms with Crippen molar-refractivity contribution in [3.8, 4) is 21.9 Å². The molecular formula is C33H21N3S. The zero-order valence-corrected chi connectivity index (χ0v) is 20.7. The molecule has 5 aromatic carbocycles. The minimum atomic E-state index is 1.04. The number of hydrogen-bond acceptors (Lipinski definition) is 2. The van der Waals surface area contributed by atoms with Crippen molar-refractivity contribution in [2.24, 2.45) is 0 Å². The largest absolute Gasteiger partial charge is 0.314 e. The average Bonchev–Trinajstić information content (AvgIpc) is 3.65. The molecule has 0 N–H and O–H groups in total. The summed E-state index contributed by atoms with van der Waals surface area (Å²) in [6.07, 6.45) is 2.26. The Kier molecular flexibility index (Phi) is 4.39. The smallest absolute Gasteiger partial charge is 0.126 e. The summed E-state index contributed by atoms with van der Waals surface area (Å²) in [5.74, 6) is 0. The van der Waals surface area contributed by atoms with Gasteiger partial charge in [-0.05, 0) is 42.5 Å². The van der Waals surface area contributed by atoms with E-state index in [1.165, 1.54) is 37.4 Å². The lowest BCUT2D eigenvalue weighted by Gasteiger charge is -2.13. The van der Waals surface area contributed by atoms with Crippen LogP contribution in [0.15, 0.2) is 128 Å². The van der Waals surface area contributed by atoms with Gasteiger partial charge in [0.25, 0.3) is 0 Å². The van der Waals surface area contributed by atoms with Crippen LogP contribution < -0.4 is 0 Å². The third kappa shape index (κ3) is 3.03. The summed E-state index contributed by atoms with van der Waals surface area (Å²) in [6.45, 7) is 0. The number of nitrogens with zero attached hydrogens (tertiary/aromatic N) is 3. The predicted octanol–water partition coefficient (Wildman–Crippen LogP) is 9.00. The summed E-state index contributed by atoms with van der Waals surface area (Å²) in [4.78, 5) is 5.03. The van der Waals surface area contributed by atoms with Crippen molar-refractivity contribution in [1.29, 1.82) is 0 Å². The molecule has 8 aromatic rings. The summed E-state index contributed by atoms with van der Waals surface area (Å²) in [5, 5.41) is 4.76. The fourth-order valence-corrected chi connectivity index (χ4v) is 6.57. The average molecular weight is 492 g/mol. The maximum atomic E-state index is 5.03. The highest BCUT2D eigenvalue weighted by molar-refractivity contribution is 7.21. The first-order valence-corrected chi connectivity index (χ1v) is 13.2. The maximum absolute atomic E-state index is 5.03. The van der Waals surface area contributed by atoms with E-state index in [1.807, 2.05) is 0 Å². The Bertz CT molecular complexity index is 2010. The fourth-order valence-electron chi connectivity index (χ4n) is 5.58. The molecule has 3 nitrogen and oxygen atoms in total. The minimum Gasteiger partial charge on any atom is -0.314 e. The molecule has 0 bridgehead atoms. The van der Waals surface area contributed by atoms with E-state index in [1.54, 1.807) is 11.3 Å². The van der Waals surface area contributed by atoms with Crippen LogP contribution in [0.5, 0.6) is 0 Å². The molecule has 0 aliphatic heterocycles. The number of thiazole rings is 1. The Hall–Kier alpha value is -4.67. The van der Waals surface area contributed by atoms with Crippen molar-refractivity contribution in [2.75, 3.05) is 0 Å². The molecule has 0 radical (unpaired) electrons. The Labute approximate surface area is 217 Å². The van der Waals surface area contributed by atoms with Crippen LogP contribution in [0, 0.1) is 0 Å². The number of aromatic nitrogens is 3. The molecule has 0 unspecified atom stereocenters. The van der Waals surface area contributed by atoms with Gasteiger partial charge in [-0.1, -0.05) is 78.9 Å². The highest BCUT2D eigenvalue weighted by Gasteiger charge is 2.20. The second kappa shape index (κ2) is 7.92. The SMILES string of the molecule is c1ccc(-n2cc(-c3nc4ccccc4s3)c3cccc(-n4c5ccccc5c5ccccc54)c32)cc1. The lowest BCUT2D eigenvalue weighted by molar-refractivity contribution is 1.10. The lowest BCUT2D eigenvalue weighted by Crippen LogP contribution is -1.99. The molecule has 0 spiro atoms. The highest BCUT2D eigenvalue weighted by Crippen LogP contribution is 2.41. The standard InChI is InChI=1S/C33H21N3S/c1-2-11-22(12-3-1)35-21-26(33-34-27-16-6-9-20-31(27)37-33)25-15-10-19-30(32(25)35)36-28-17-7-4-13-23(28)24-14-5-8-18-29(24)36/h1-21H. The van der Waals surface area contributed by atoms with Gasteiger partial charge in [0.15, 0.2) is 0 Å². The molecule has 0 amide bonds. The Morgan fingerprint density at radius 3 is 1.97 bits per heavy atom. The van der Waals surface area contributed by atoms with Crippen molar-refractivity contribution >= 4 is 54.3 Å². The molecule has 0 saturated carbocycles. The number of rotatable bonds is 3. The van der Waals surface area contributed by atoms with E-state index in [0.29, 0.717) is 0 Å². The molecular weight excluding hydrogens is 470 g/mol. The molecule has 0 atom stereocenters. The maximum Gasteiger partial charge on any atom is 0.126 e. The summed E-state index contributed by atoms with van der Waals surface area (Å²) in [6, 6.07) is 43.0. The monoisotopic (exact) mass is 491 g/mol. The van der Waals surface area contributed by atoms with E-state index < -0.39 is 0 Å². The normalized spacial score (nSPS) is 11.8. The Morgan fingerprint density at radius 2 is 1.22 bits per heavy atom. The van der Waals surface area contributed by atoms with Crippen molar-refractivity contribution in [1.82, 2.24) is 14.1 Å². The molecule has 0 aliphatic rings. The molecule has 8 rings (SSSR count). The van der Waals surface area contributed by atoms with Gasteiger partial charge in [-0.25, -0.2) is 4.98 Å². The number of fused-ring (bicyclic) bond motifs is 5. The predicted molar refractivity (Wildman–Crippen MR) is 156 cm³/mol. The Balaban J connectivity index is 1.51. The lowest BCUT2D eigenvalue weighted by atomic mass is 10.1. The van der Waals surface area contributed by atoms with E-state index in [-0.39, 0.29) is 0 Å². The molecule has 0 saturated heterocycles. The van der Waals surface area contributed by atoms with Crippen LogP contribution in [0.25, 0.3) is 64.9 Å². The third-order valence-corrected chi connectivity index (χ3v) is 8.25. The second-order valence-corrected chi connectivity index (χ2v) is 10.3. The van der Waals surface area contributed by atoms with Crippen LogP contribution in [-0.4, -0.2) is 14.1 Å². The van der Waals surface area contributed by atoms with Crippen LogP contribution in [0.1, 0.15) is 0 Å². The van der Waals surface area contributed by atoms with Crippen molar-refractivity contribution < 1.29 is 0 Å². The topological polar surface area (TPSA) is 22.8 Å². The van der Waals surface area contributed by atoms with E-state index in [2.05, 4.69) is 137 Å². The van der Waals surface area contributed by atoms with Gasteiger partial charge >= 0.3 is 0 Å². The van der Waals surface area contributed by atoms with E-state index >= 15 is 0 Å². The van der Waals surface area contributed by atoms with Crippen LogP contribution in [0.4, 0.5) is 0 Å². The molecule has 4 heteroatoms. The summed E-state index contributed by atoms with van der Waals surface area (Å²) >= 11 is 1.75. The van der Waals surface area contributed by atoms with Crippen molar-refractivity contribution in [3.63, 3.8) is 0 Å². The summed E-state index contributed by atoms with van der Waals surface area (Å²) in [5.41, 5.74) is 8.08. The number of benzene rings is 5. The van der Waals surface area contributed by atoms with Crippen LogP contribution in [0.2, 0.25) is 0 Å². The summed E-state index contributed by atoms with van der Waals surface area (Å²) in [7, 11) is 0. The van der Waals surface area contributed by atoms with Gasteiger partial charge in [-0.2, -0.15) is 0 Å². The number of hydrogen-bond donors (Lipinski definition) is 0. The number of para-hydroxylation sites is 5. The first kappa shape index (κ1) is 20.5. The van der Waals surface area contributed by atoms with Crippen molar-refractivity contribution in [3.05, 3.63) is 128 Å². The van der Waals surface area contributed by atoms with Crippen LogP contribution >= 0.6 is 11.3 Å². The molecule has 3 heterocycles. The Morgan fingerprint density at radius 1 is 0.568 bits per heavy atom. The zero-order valence-electron chi connectivity index (χ0n) is 19.9. The summed E-state index contributed by atoms with van der Waals surface area (Å²) < 4.78 is 5.95. The molecule has 0 aliphatic carbocycles. The van der Waals surface area contributed by atoms with Crippen LogP contribution in [-0.2, 0) is 0 Å².